The van der Waals surface area contributed by atoms with Gasteiger partial charge in [-0.1, -0.05) is 12.5 Å². The van der Waals surface area contributed by atoms with Crippen LogP contribution in [0.15, 0.2) is 35.6 Å². The van der Waals surface area contributed by atoms with E-state index in [4.69, 9.17) is 0 Å². The summed E-state index contributed by atoms with van der Waals surface area (Å²) in [6.07, 6.45) is 8.19. The number of hydrogen-bond acceptors (Lipinski definition) is 3. The summed E-state index contributed by atoms with van der Waals surface area (Å²) in [7, 11) is 0. The SMILES string of the molecule is CCNC(=NCc1ccc(-n2ccnc2C)c(F)c1)NCCCN1CCCCCC1=O.I. The molecule has 1 aromatic heterocycles. The number of benzene rings is 1. The van der Waals surface area contributed by atoms with E-state index in [-0.39, 0.29) is 35.7 Å². The second kappa shape index (κ2) is 13.4. The van der Waals surface area contributed by atoms with Gasteiger partial charge in [0, 0.05) is 45.0 Å². The molecule has 176 valence electrons. The Morgan fingerprint density at radius 1 is 1.25 bits per heavy atom. The van der Waals surface area contributed by atoms with Crippen molar-refractivity contribution in [2.75, 3.05) is 26.2 Å². The molecule has 0 saturated carbocycles. The van der Waals surface area contributed by atoms with Crippen molar-refractivity contribution < 1.29 is 9.18 Å². The fourth-order valence-corrected chi connectivity index (χ4v) is 3.74. The first-order chi connectivity index (χ1) is 15.1. The molecule has 1 aromatic carbocycles. The van der Waals surface area contributed by atoms with E-state index in [1.54, 1.807) is 23.0 Å². The minimum Gasteiger partial charge on any atom is -0.357 e. The van der Waals surface area contributed by atoms with Crippen LogP contribution in [0.4, 0.5) is 4.39 Å². The number of imidazole rings is 1. The third-order valence-corrected chi connectivity index (χ3v) is 5.43. The number of carbonyl (C=O) groups excluding carboxylic acids is 1. The standard InChI is InChI=1S/C23H33FN6O.HI/c1-3-25-23(27-11-7-14-29-13-6-4-5-8-22(29)31)28-17-19-9-10-21(20(24)16-19)30-15-12-26-18(30)2;/h9-10,12,15-16H,3-8,11,13-14,17H2,1-2H3,(H2,25,27,28);1H. The van der Waals surface area contributed by atoms with Gasteiger partial charge in [0.15, 0.2) is 5.96 Å². The Hall–Kier alpha value is -2.17. The van der Waals surface area contributed by atoms with Crippen LogP contribution in [0.2, 0.25) is 0 Å². The van der Waals surface area contributed by atoms with Crippen LogP contribution in [-0.2, 0) is 11.3 Å². The molecule has 0 atom stereocenters. The number of aryl methyl sites for hydroxylation is 1. The van der Waals surface area contributed by atoms with Crippen molar-refractivity contribution in [2.45, 2.75) is 52.5 Å². The van der Waals surface area contributed by atoms with E-state index in [0.717, 1.165) is 63.3 Å². The maximum Gasteiger partial charge on any atom is 0.222 e. The number of hydrogen-bond donors (Lipinski definition) is 2. The summed E-state index contributed by atoms with van der Waals surface area (Å²) in [5.41, 5.74) is 1.28. The number of amides is 1. The molecule has 0 aliphatic carbocycles. The average Bonchev–Trinajstić information content (AvgIpc) is 3.07. The van der Waals surface area contributed by atoms with Gasteiger partial charge in [-0.05, 0) is 50.8 Å². The lowest BCUT2D eigenvalue weighted by Gasteiger charge is -2.20. The van der Waals surface area contributed by atoms with Gasteiger partial charge in [-0.15, -0.1) is 24.0 Å². The third-order valence-electron chi connectivity index (χ3n) is 5.43. The van der Waals surface area contributed by atoms with Crippen LogP contribution >= 0.6 is 24.0 Å². The molecule has 0 radical (unpaired) electrons. The molecule has 2 heterocycles. The number of aromatic nitrogens is 2. The number of likely N-dealkylation sites (tertiary alicyclic amines) is 1. The molecule has 1 aliphatic rings. The Labute approximate surface area is 206 Å². The fraction of sp³-hybridized carbons (Fsp3) is 0.522. The third kappa shape index (κ3) is 7.46. The zero-order valence-corrected chi connectivity index (χ0v) is 21.3. The van der Waals surface area contributed by atoms with Gasteiger partial charge in [0.2, 0.25) is 5.91 Å². The quantitative estimate of drug-likeness (QED) is 0.225. The molecule has 0 spiro atoms. The van der Waals surface area contributed by atoms with Gasteiger partial charge in [-0.2, -0.15) is 0 Å². The van der Waals surface area contributed by atoms with Crippen molar-refractivity contribution in [1.82, 2.24) is 25.1 Å². The van der Waals surface area contributed by atoms with E-state index >= 15 is 0 Å². The van der Waals surface area contributed by atoms with Crippen LogP contribution in [0.3, 0.4) is 0 Å². The van der Waals surface area contributed by atoms with Crippen LogP contribution in [0.1, 0.15) is 50.4 Å². The number of rotatable bonds is 8. The van der Waals surface area contributed by atoms with Gasteiger partial charge in [0.25, 0.3) is 0 Å². The highest BCUT2D eigenvalue weighted by Gasteiger charge is 2.15. The molecule has 1 aliphatic heterocycles. The number of nitrogens with one attached hydrogen (secondary N) is 2. The maximum absolute atomic E-state index is 14.6. The summed E-state index contributed by atoms with van der Waals surface area (Å²) in [5.74, 6) is 1.41. The number of nitrogens with zero attached hydrogens (tertiary/aromatic N) is 4. The lowest BCUT2D eigenvalue weighted by atomic mass is 10.2. The Morgan fingerprint density at radius 3 is 2.81 bits per heavy atom. The monoisotopic (exact) mass is 556 g/mol. The van der Waals surface area contributed by atoms with Gasteiger partial charge in [-0.3, -0.25) is 4.79 Å². The topological polar surface area (TPSA) is 74.6 Å². The molecule has 2 aromatic rings. The zero-order chi connectivity index (χ0) is 22.1. The molecular weight excluding hydrogens is 522 g/mol. The van der Waals surface area contributed by atoms with Gasteiger partial charge < -0.3 is 20.1 Å². The van der Waals surface area contributed by atoms with E-state index in [0.29, 0.717) is 24.6 Å². The van der Waals surface area contributed by atoms with Crippen LogP contribution in [0, 0.1) is 12.7 Å². The predicted molar refractivity (Wildman–Crippen MR) is 136 cm³/mol. The molecule has 32 heavy (non-hydrogen) atoms. The highest BCUT2D eigenvalue weighted by atomic mass is 127. The Balaban J connectivity index is 0.00000363. The van der Waals surface area contributed by atoms with E-state index in [2.05, 4.69) is 20.6 Å². The minimum atomic E-state index is -0.297. The van der Waals surface area contributed by atoms with Gasteiger partial charge >= 0.3 is 0 Å². The van der Waals surface area contributed by atoms with Crippen LogP contribution in [-0.4, -0.2) is 52.5 Å². The summed E-state index contributed by atoms with van der Waals surface area (Å²) >= 11 is 0. The van der Waals surface area contributed by atoms with E-state index in [1.165, 1.54) is 6.07 Å². The number of guanidine groups is 1. The zero-order valence-electron chi connectivity index (χ0n) is 18.9. The Bertz CT molecular complexity index is 900. The molecule has 1 saturated heterocycles. The molecular formula is C23H34FIN6O. The van der Waals surface area contributed by atoms with E-state index < -0.39 is 0 Å². The molecule has 1 fully saturated rings. The molecule has 0 unspecified atom stereocenters. The first-order valence-electron chi connectivity index (χ1n) is 11.2. The highest BCUT2D eigenvalue weighted by Crippen LogP contribution is 2.17. The summed E-state index contributed by atoms with van der Waals surface area (Å²) in [6.45, 7) is 7.33. The van der Waals surface area contributed by atoms with Crippen molar-refractivity contribution in [3.8, 4) is 5.69 Å². The summed E-state index contributed by atoms with van der Waals surface area (Å²) in [6, 6.07) is 5.16. The second-order valence-corrected chi connectivity index (χ2v) is 7.80. The average molecular weight is 556 g/mol. The Morgan fingerprint density at radius 2 is 2.09 bits per heavy atom. The fourth-order valence-electron chi connectivity index (χ4n) is 3.74. The molecule has 7 nitrogen and oxygen atoms in total. The first kappa shape index (κ1) is 26.1. The second-order valence-electron chi connectivity index (χ2n) is 7.80. The van der Waals surface area contributed by atoms with E-state index in [1.807, 2.05) is 24.8 Å². The highest BCUT2D eigenvalue weighted by molar-refractivity contribution is 14.0. The molecule has 0 bridgehead atoms. The number of aliphatic imine (C=N–C) groups is 1. The molecule has 9 heteroatoms. The Kier molecular flexibility index (Phi) is 10.9. The van der Waals surface area contributed by atoms with Crippen molar-refractivity contribution in [1.29, 1.82) is 0 Å². The molecule has 3 rings (SSSR count). The lowest BCUT2D eigenvalue weighted by Crippen LogP contribution is -2.39. The largest absolute Gasteiger partial charge is 0.357 e. The summed E-state index contributed by atoms with van der Waals surface area (Å²) < 4.78 is 16.3. The minimum absolute atomic E-state index is 0. The smallest absolute Gasteiger partial charge is 0.222 e. The predicted octanol–water partition coefficient (Wildman–Crippen LogP) is 3.79. The van der Waals surface area contributed by atoms with Crippen molar-refractivity contribution >= 4 is 35.8 Å². The number of carbonyl (C=O) groups is 1. The lowest BCUT2D eigenvalue weighted by molar-refractivity contribution is -0.130. The molecule has 1 amide bonds. The van der Waals surface area contributed by atoms with Crippen LogP contribution < -0.4 is 10.6 Å². The van der Waals surface area contributed by atoms with Crippen LogP contribution in [0.25, 0.3) is 5.69 Å². The van der Waals surface area contributed by atoms with Crippen molar-refractivity contribution in [2.24, 2.45) is 4.99 Å². The first-order valence-corrected chi connectivity index (χ1v) is 11.2. The van der Waals surface area contributed by atoms with Crippen LogP contribution in [0.5, 0.6) is 0 Å². The van der Waals surface area contributed by atoms with E-state index in [9.17, 15) is 9.18 Å². The van der Waals surface area contributed by atoms with Gasteiger partial charge in [-0.25, -0.2) is 14.4 Å². The summed E-state index contributed by atoms with van der Waals surface area (Å²) in [4.78, 5) is 22.8. The van der Waals surface area contributed by atoms with Crippen molar-refractivity contribution in [3.63, 3.8) is 0 Å². The molecule has 2 N–H and O–H groups in total. The van der Waals surface area contributed by atoms with Crippen molar-refractivity contribution in [3.05, 3.63) is 47.8 Å². The normalized spacial score (nSPS) is 14.7. The number of halogens is 2. The van der Waals surface area contributed by atoms with Gasteiger partial charge in [0.1, 0.15) is 11.6 Å². The maximum atomic E-state index is 14.6. The summed E-state index contributed by atoms with van der Waals surface area (Å²) in [5, 5.41) is 6.53. The van der Waals surface area contributed by atoms with Gasteiger partial charge in [0.05, 0.1) is 12.2 Å².